The molecule has 0 bridgehead atoms. The van der Waals surface area contributed by atoms with E-state index in [1.54, 1.807) is 12.5 Å². The third kappa shape index (κ3) is 4.29. The first-order chi connectivity index (χ1) is 13.5. The summed E-state index contributed by atoms with van der Waals surface area (Å²) in [5, 5.41) is 13.1. The highest BCUT2D eigenvalue weighted by Crippen LogP contribution is 2.34. The van der Waals surface area contributed by atoms with E-state index in [0.717, 1.165) is 16.6 Å². The van der Waals surface area contributed by atoms with Crippen molar-refractivity contribution in [1.29, 1.82) is 0 Å². The van der Waals surface area contributed by atoms with Gasteiger partial charge in [-0.15, -0.1) is 11.3 Å². The standard InChI is InChI=1S/C18H16N2O7S/c1-3-25-13-5-4-11(8-15(13)24-2)17-19-12(10-28-17)9-26-18(21)14-6-7-16(27-14)20(22)23/h4-8,10H,3,9H2,1-2H3. The Bertz CT molecular complexity index is 995. The van der Waals surface area contributed by atoms with E-state index in [0.29, 0.717) is 23.8 Å². The van der Waals surface area contributed by atoms with Gasteiger partial charge >= 0.3 is 11.9 Å². The van der Waals surface area contributed by atoms with Crippen LogP contribution in [0.25, 0.3) is 10.6 Å². The van der Waals surface area contributed by atoms with Gasteiger partial charge in [0.1, 0.15) is 16.5 Å². The summed E-state index contributed by atoms with van der Waals surface area (Å²) < 4.78 is 20.7. The van der Waals surface area contributed by atoms with Crippen LogP contribution in [0.5, 0.6) is 11.5 Å². The molecule has 0 amide bonds. The Hall–Kier alpha value is -3.40. The van der Waals surface area contributed by atoms with Crippen molar-refractivity contribution in [3.8, 4) is 22.1 Å². The molecule has 0 aliphatic rings. The predicted molar refractivity (Wildman–Crippen MR) is 99.8 cm³/mol. The summed E-state index contributed by atoms with van der Waals surface area (Å²) in [5.74, 6) is -0.315. The molecule has 3 rings (SSSR count). The number of nitrogens with zero attached hydrogens (tertiary/aromatic N) is 2. The molecule has 0 aliphatic carbocycles. The van der Waals surface area contributed by atoms with Crippen LogP contribution in [0.1, 0.15) is 23.2 Å². The fraction of sp³-hybridized carbons (Fsp3) is 0.222. The number of carbonyl (C=O) groups excluding carboxylic acids is 1. The summed E-state index contributed by atoms with van der Waals surface area (Å²) >= 11 is 1.39. The molecule has 0 N–H and O–H groups in total. The predicted octanol–water partition coefficient (Wildman–Crippen LogP) is 4.08. The van der Waals surface area contributed by atoms with Gasteiger partial charge in [0, 0.05) is 10.9 Å². The lowest BCUT2D eigenvalue weighted by Gasteiger charge is -2.09. The van der Waals surface area contributed by atoms with Crippen LogP contribution in [0.2, 0.25) is 0 Å². The van der Waals surface area contributed by atoms with Crippen LogP contribution >= 0.6 is 11.3 Å². The first-order valence-electron chi connectivity index (χ1n) is 8.18. The van der Waals surface area contributed by atoms with Crippen molar-refractivity contribution < 1.29 is 28.3 Å². The summed E-state index contributed by atoms with van der Waals surface area (Å²) in [6.07, 6.45) is 0. The van der Waals surface area contributed by atoms with Gasteiger partial charge in [0.2, 0.25) is 5.76 Å². The zero-order valence-corrected chi connectivity index (χ0v) is 15.9. The minimum Gasteiger partial charge on any atom is -0.493 e. The van der Waals surface area contributed by atoms with Crippen molar-refractivity contribution in [2.24, 2.45) is 0 Å². The number of furan rings is 1. The molecule has 0 fully saturated rings. The van der Waals surface area contributed by atoms with E-state index in [-0.39, 0.29) is 12.4 Å². The maximum Gasteiger partial charge on any atom is 0.433 e. The number of ether oxygens (including phenoxy) is 3. The maximum absolute atomic E-state index is 11.9. The van der Waals surface area contributed by atoms with E-state index in [4.69, 9.17) is 18.6 Å². The molecular weight excluding hydrogens is 388 g/mol. The molecule has 28 heavy (non-hydrogen) atoms. The van der Waals surface area contributed by atoms with Crippen LogP contribution in [-0.2, 0) is 11.3 Å². The highest BCUT2D eigenvalue weighted by atomic mass is 32.1. The third-order valence-corrected chi connectivity index (χ3v) is 4.53. The van der Waals surface area contributed by atoms with Crippen LogP contribution in [0, 0.1) is 10.1 Å². The SMILES string of the molecule is CCOc1ccc(-c2nc(COC(=O)c3ccc([N+](=O)[O-])o3)cs2)cc1OC. The molecule has 1 aromatic carbocycles. The Labute approximate surface area is 163 Å². The van der Waals surface area contributed by atoms with Crippen molar-refractivity contribution in [2.75, 3.05) is 13.7 Å². The summed E-state index contributed by atoms with van der Waals surface area (Å²) in [7, 11) is 1.56. The van der Waals surface area contributed by atoms with Crippen LogP contribution in [-0.4, -0.2) is 29.6 Å². The second-order valence-electron chi connectivity index (χ2n) is 5.41. The number of rotatable bonds is 8. The number of nitro groups is 1. The quantitative estimate of drug-likeness (QED) is 0.313. The van der Waals surface area contributed by atoms with Crippen molar-refractivity contribution in [2.45, 2.75) is 13.5 Å². The molecule has 0 spiro atoms. The van der Waals surface area contributed by atoms with E-state index in [2.05, 4.69) is 4.98 Å². The van der Waals surface area contributed by atoms with Gasteiger partial charge in [0.05, 0.1) is 25.5 Å². The Morgan fingerprint density at radius 1 is 1.29 bits per heavy atom. The Balaban J connectivity index is 1.67. The van der Waals surface area contributed by atoms with Crippen LogP contribution < -0.4 is 9.47 Å². The molecule has 0 saturated carbocycles. The van der Waals surface area contributed by atoms with Crippen LogP contribution in [0.15, 0.2) is 40.1 Å². The number of hydrogen-bond acceptors (Lipinski definition) is 9. The molecule has 10 heteroatoms. The highest BCUT2D eigenvalue weighted by molar-refractivity contribution is 7.13. The Kier molecular flexibility index (Phi) is 5.90. The van der Waals surface area contributed by atoms with Gasteiger partial charge in [-0.2, -0.15) is 0 Å². The molecule has 0 atom stereocenters. The van der Waals surface area contributed by atoms with Gasteiger partial charge in [-0.05, 0) is 31.2 Å². The molecule has 0 radical (unpaired) electrons. The molecular formula is C18H16N2O7S. The fourth-order valence-electron chi connectivity index (χ4n) is 2.33. The molecule has 0 unspecified atom stereocenters. The average molecular weight is 404 g/mol. The second kappa shape index (κ2) is 8.53. The lowest BCUT2D eigenvalue weighted by molar-refractivity contribution is -0.402. The third-order valence-electron chi connectivity index (χ3n) is 3.59. The van der Waals surface area contributed by atoms with Crippen molar-refractivity contribution in [3.63, 3.8) is 0 Å². The van der Waals surface area contributed by atoms with E-state index in [1.807, 2.05) is 25.1 Å². The number of thiazole rings is 1. The number of methoxy groups -OCH3 is 1. The first kappa shape index (κ1) is 19.4. The van der Waals surface area contributed by atoms with Crippen molar-refractivity contribution >= 4 is 23.2 Å². The van der Waals surface area contributed by atoms with Crippen molar-refractivity contribution in [3.05, 3.63) is 57.3 Å². The number of aromatic nitrogens is 1. The molecule has 0 saturated heterocycles. The van der Waals surface area contributed by atoms with Crippen LogP contribution in [0.4, 0.5) is 5.88 Å². The molecule has 146 valence electrons. The Morgan fingerprint density at radius 2 is 2.11 bits per heavy atom. The number of benzene rings is 1. The van der Waals surface area contributed by atoms with Gasteiger partial charge < -0.3 is 18.6 Å². The zero-order chi connectivity index (χ0) is 20.1. The lowest BCUT2D eigenvalue weighted by atomic mass is 10.2. The smallest absolute Gasteiger partial charge is 0.433 e. The van der Waals surface area contributed by atoms with E-state index in [1.165, 1.54) is 17.4 Å². The Morgan fingerprint density at radius 3 is 2.79 bits per heavy atom. The van der Waals surface area contributed by atoms with Crippen molar-refractivity contribution in [1.82, 2.24) is 4.98 Å². The summed E-state index contributed by atoms with van der Waals surface area (Å²) in [6, 6.07) is 7.78. The number of esters is 1. The van der Waals surface area contributed by atoms with Crippen LogP contribution in [0.3, 0.4) is 0 Å². The monoisotopic (exact) mass is 404 g/mol. The minimum absolute atomic E-state index is 0.0853. The maximum atomic E-state index is 11.9. The van der Waals surface area contributed by atoms with Gasteiger partial charge in [0.15, 0.2) is 11.5 Å². The molecule has 2 heterocycles. The van der Waals surface area contributed by atoms with E-state index >= 15 is 0 Å². The van der Waals surface area contributed by atoms with E-state index < -0.39 is 16.8 Å². The second-order valence-corrected chi connectivity index (χ2v) is 6.27. The lowest BCUT2D eigenvalue weighted by Crippen LogP contribution is -2.04. The largest absolute Gasteiger partial charge is 0.493 e. The highest BCUT2D eigenvalue weighted by Gasteiger charge is 2.19. The summed E-state index contributed by atoms with van der Waals surface area (Å²) in [4.78, 5) is 26.2. The number of carbonyl (C=O) groups is 1. The normalized spacial score (nSPS) is 10.5. The van der Waals surface area contributed by atoms with Gasteiger partial charge in [0.25, 0.3) is 0 Å². The minimum atomic E-state index is -0.801. The topological polar surface area (TPSA) is 114 Å². The zero-order valence-electron chi connectivity index (χ0n) is 15.0. The molecule has 3 aromatic rings. The molecule has 9 nitrogen and oxygen atoms in total. The van der Waals surface area contributed by atoms with E-state index in [9.17, 15) is 14.9 Å². The first-order valence-corrected chi connectivity index (χ1v) is 9.06. The average Bonchev–Trinajstić information content (AvgIpc) is 3.36. The van der Waals surface area contributed by atoms with Gasteiger partial charge in [-0.25, -0.2) is 9.78 Å². The van der Waals surface area contributed by atoms with Gasteiger partial charge in [-0.3, -0.25) is 10.1 Å². The summed E-state index contributed by atoms with van der Waals surface area (Å²) in [6.45, 7) is 2.34. The number of hydrogen-bond donors (Lipinski definition) is 0. The summed E-state index contributed by atoms with van der Waals surface area (Å²) in [5.41, 5.74) is 1.38. The van der Waals surface area contributed by atoms with Gasteiger partial charge in [-0.1, -0.05) is 0 Å². The molecule has 2 aromatic heterocycles. The fourth-order valence-corrected chi connectivity index (χ4v) is 3.13. The molecule has 0 aliphatic heterocycles.